The molecule has 6 heteroatoms. The van der Waals surface area contributed by atoms with Crippen LogP contribution in [0.5, 0.6) is 0 Å². The van der Waals surface area contributed by atoms with Gasteiger partial charge in [-0.2, -0.15) is 0 Å². The third-order valence-corrected chi connectivity index (χ3v) is 9.58. The van der Waals surface area contributed by atoms with Gasteiger partial charge in [-0.15, -0.1) is 0 Å². The van der Waals surface area contributed by atoms with Gasteiger partial charge in [0.1, 0.15) is 4.32 Å². The average Bonchev–Trinajstić information content (AvgIpc) is 2.33. The minimum atomic E-state index is -1.86. The van der Waals surface area contributed by atoms with Crippen molar-refractivity contribution in [2.24, 2.45) is 5.92 Å². The van der Waals surface area contributed by atoms with Crippen molar-refractivity contribution in [3.63, 3.8) is 0 Å². The highest BCUT2D eigenvalue weighted by Crippen LogP contribution is 2.37. The quantitative estimate of drug-likeness (QED) is 0.414. The van der Waals surface area contributed by atoms with Gasteiger partial charge < -0.3 is 14.3 Å². The number of aliphatic hydroxyl groups is 1. The number of aliphatic hydroxyl groups excluding tert-OH is 1. The van der Waals surface area contributed by atoms with E-state index in [1.807, 2.05) is 6.92 Å². The summed E-state index contributed by atoms with van der Waals surface area (Å²) in [5.74, 6) is -0.621. The molecule has 0 fully saturated rings. The Kier molecular flexibility index (Phi) is 7.60. The Morgan fingerprint density at radius 1 is 1.29 bits per heavy atom. The van der Waals surface area contributed by atoms with Crippen molar-refractivity contribution in [2.75, 3.05) is 13.2 Å². The van der Waals surface area contributed by atoms with Crippen LogP contribution in [0.2, 0.25) is 18.1 Å². The molecule has 0 spiro atoms. The van der Waals surface area contributed by atoms with E-state index in [0.717, 1.165) is 0 Å². The molecule has 1 N–H and O–H groups in total. The van der Waals surface area contributed by atoms with Gasteiger partial charge in [-0.25, -0.2) is 0 Å². The zero-order valence-corrected chi connectivity index (χ0v) is 17.2. The molecule has 0 radical (unpaired) electrons. The Balaban J connectivity index is 4.73. The average molecular weight is 383 g/mol. The molecule has 1 unspecified atom stereocenters. The van der Waals surface area contributed by atoms with Gasteiger partial charge in [-0.3, -0.25) is 4.79 Å². The highest BCUT2D eigenvalue weighted by atomic mass is 79.9. The molecule has 0 amide bonds. The van der Waals surface area contributed by atoms with Crippen LogP contribution in [0, 0.1) is 5.92 Å². The number of hydrogen-bond donors (Lipinski definition) is 1. The Morgan fingerprint density at radius 3 is 2.14 bits per heavy atom. The fourth-order valence-corrected chi connectivity index (χ4v) is 3.25. The SMILES string of the molecule is CCOC(=O)[C@@](C)(Br)[C@H](O)C(C)CO[Si](C)(C)C(C)(C)C. The Labute approximate surface area is 138 Å². The summed E-state index contributed by atoms with van der Waals surface area (Å²) in [4.78, 5) is 11.9. The van der Waals surface area contributed by atoms with E-state index in [-0.39, 0.29) is 11.0 Å². The molecule has 0 aliphatic carbocycles. The van der Waals surface area contributed by atoms with E-state index in [4.69, 9.17) is 9.16 Å². The molecule has 0 aliphatic rings. The minimum absolute atomic E-state index is 0.122. The Hall–Kier alpha value is 0.0869. The lowest BCUT2D eigenvalue weighted by Gasteiger charge is -2.38. The lowest BCUT2D eigenvalue weighted by molar-refractivity contribution is -0.149. The predicted octanol–water partition coefficient (Wildman–Crippen LogP) is 3.72. The van der Waals surface area contributed by atoms with E-state index >= 15 is 0 Å². The molecule has 0 aromatic rings. The number of halogens is 1. The summed E-state index contributed by atoms with van der Waals surface area (Å²) in [6.07, 6.45) is -0.874. The van der Waals surface area contributed by atoms with Crippen molar-refractivity contribution < 1.29 is 19.1 Å². The van der Waals surface area contributed by atoms with Crippen LogP contribution < -0.4 is 0 Å². The van der Waals surface area contributed by atoms with E-state index in [1.54, 1.807) is 13.8 Å². The van der Waals surface area contributed by atoms with Gasteiger partial charge in [0.05, 0.1) is 12.7 Å². The van der Waals surface area contributed by atoms with Crippen molar-refractivity contribution in [3.05, 3.63) is 0 Å². The first-order valence-corrected chi connectivity index (χ1v) is 11.2. The number of alkyl halides is 1. The summed E-state index contributed by atoms with van der Waals surface area (Å²) in [5.41, 5.74) is 0. The topological polar surface area (TPSA) is 55.8 Å². The molecule has 0 saturated carbocycles. The summed E-state index contributed by atoms with van der Waals surface area (Å²) in [5, 5.41) is 10.6. The van der Waals surface area contributed by atoms with Gasteiger partial charge in [0, 0.05) is 12.5 Å². The molecule has 21 heavy (non-hydrogen) atoms. The molecule has 0 heterocycles. The fraction of sp³-hybridized carbons (Fsp3) is 0.933. The first-order chi connectivity index (χ1) is 9.27. The molecule has 126 valence electrons. The molecule has 4 nitrogen and oxygen atoms in total. The van der Waals surface area contributed by atoms with Crippen LogP contribution in [0.1, 0.15) is 41.5 Å². The van der Waals surface area contributed by atoms with Gasteiger partial charge in [-0.05, 0) is 32.0 Å². The molecule has 0 saturated heterocycles. The van der Waals surface area contributed by atoms with Crippen LogP contribution in [0.3, 0.4) is 0 Å². The summed E-state index contributed by atoms with van der Waals surface area (Å²) >= 11 is 3.31. The molecule has 0 rings (SSSR count). The maximum Gasteiger partial charge on any atom is 0.325 e. The number of carbonyl (C=O) groups is 1. The maximum absolute atomic E-state index is 11.9. The van der Waals surface area contributed by atoms with Crippen LogP contribution in [0.4, 0.5) is 0 Å². The maximum atomic E-state index is 11.9. The highest BCUT2D eigenvalue weighted by Gasteiger charge is 2.43. The third-order valence-electron chi connectivity index (χ3n) is 4.28. The zero-order chi connectivity index (χ0) is 17.1. The molecular formula is C15H31BrO4Si. The van der Waals surface area contributed by atoms with E-state index in [1.165, 1.54) is 0 Å². The van der Waals surface area contributed by atoms with E-state index in [2.05, 4.69) is 49.8 Å². The summed E-state index contributed by atoms with van der Waals surface area (Å²) in [6, 6.07) is 0. The number of esters is 1. The fourth-order valence-electron chi connectivity index (χ4n) is 1.57. The van der Waals surface area contributed by atoms with Crippen molar-refractivity contribution in [2.45, 2.75) is 70.1 Å². The monoisotopic (exact) mass is 382 g/mol. The van der Waals surface area contributed by atoms with Gasteiger partial charge >= 0.3 is 5.97 Å². The van der Waals surface area contributed by atoms with Gasteiger partial charge in [0.15, 0.2) is 8.32 Å². The van der Waals surface area contributed by atoms with E-state index < -0.39 is 24.7 Å². The smallest absolute Gasteiger partial charge is 0.325 e. The first-order valence-electron chi connectivity index (χ1n) is 7.45. The second kappa shape index (κ2) is 7.57. The third kappa shape index (κ3) is 5.66. The minimum Gasteiger partial charge on any atom is -0.465 e. The summed E-state index contributed by atoms with van der Waals surface area (Å²) in [6.45, 7) is 16.9. The first kappa shape index (κ1) is 21.1. The van der Waals surface area contributed by atoms with Crippen LogP contribution in [-0.4, -0.2) is 43.0 Å². The van der Waals surface area contributed by atoms with Gasteiger partial charge in [0.25, 0.3) is 0 Å². The normalized spacial score (nSPS) is 18.8. The Morgan fingerprint density at radius 2 is 1.76 bits per heavy atom. The number of ether oxygens (including phenoxy) is 1. The zero-order valence-electron chi connectivity index (χ0n) is 14.6. The summed E-state index contributed by atoms with van der Waals surface area (Å²) in [7, 11) is -1.86. The van der Waals surface area contributed by atoms with Crippen LogP contribution in [0.15, 0.2) is 0 Å². The van der Waals surface area contributed by atoms with Crippen LogP contribution in [-0.2, 0) is 14.0 Å². The summed E-state index contributed by atoms with van der Waals surface area (Å²) < 4.78 is 10.0. The van der Waals surface area contributed by atoms with Gasteiger partial charge in [-0.1, -0.05) is 43.6 Å². The number of rotatable bonds is 7. The largest absolute Gasteiger partial charge is 0.465 e. The van der Waals surface area contributed by atoms with Gasteiger partial charge in [0.2, 0.25) is 0 Å². The molecule has 0 aromatic heterocycles. The van der Waals surface area contributed by atoms with Crippen molar-refractivity contribution in [3.8, 4) is 0 Å². The van der Waals surface area contributed by atoms with Crippen molar-refractivity contribution in [1.82, 2.24) is 0 Å². The molecule has 0 aliphatic heterocycles. The van der Waals surface area contributed by atoms with Crippen LogP contribution in [0.25, 0.3) is 0 Å². The lowest BCUT2D eigenvalue weighted by atomic mass is 9.94. The second-order valence-corrected chi connectivity index (χ2v) is 13.7. The lowest BCUT2D eigenvalue weighted by Crippen LogP contribution is -2.49. The highest BCUT2D eigenvalue weighted by molar-refractivity contribution is 9.10. The standard InChI is InChI=1S/C15H31BrO4Si/c1-9-19-13(18)15(6,16)12(17)11(2)10-20-21(7,8)14(3,4)5/h11-12,17H,9-10H2,1-8H3/t11?,12-,15+/m1/s1. The van der Waals surface area contributed by atoms with Crippen molar-refractivity contribution in [1.29, 1.82) is 0 Å². The van der Waals surface area contributed by atoms with Crippen molar-refractivity contribution >= 4 is 30.2 Å². The van der Waals surface area contributed by atoms with E-state index in [0.29, 0.717) is 13.2 Å². The second-order valence-electron chi connectivity index (χ2n) is 7.29. The van der Waals surface area contributed by atoms with Crippen LogP contribution >= 0.6 is 15.9 Å². The van der Waals surface area contributed by atoms with E-state index in [9.17, 15) is 9.90 Å². The molecule has 0 aromatic carbocycles. The number of hydrogen-bond acceptors (Lipinski definition) is 4. The Bertz CT molecular complexity index is 350. The molecule has 3 atom stereocenters. The number of carbonyl (C=O) groups excluding carboxylic acids is 1. The predicted molar refractivity (Wildman–Crippen MR) is 92.3 cm³/mol. The molecule has 0 bridgehead atoms. The molecular weight excluding hydrogens is 352 g/mol.